The average Bonchev–Trinajstić information content (AvgIpc) is 2.77. The van der Waals surface area contributed by atoms with Crippen LogP contribution in [-0.4, -0.2) is 29.8 Å². The number of hydrogen-bond acceptors (Lipinski definition) is 4. The van der Waals surface area contributed by atoms with Crippen molar-refractivity contribution < 1.29 is 9.90 Å². The maximum atomic E-state index is 12.0. The van der Waals surface area contributed by atoms with Crippen molar-refractivity contribution in [2.45, 2.75) is 4.05 Å². The Morgan fingerprint density at radius 2 is 2.00 bits per heavy atom. The Balaban J connectivity index is 2.95. The van der Waals surface area contributed by atoms with E-state index in [2.05, 4.69) is 4.98 Å². The lowest BCUT2D eigenvalue weighted by Crippen LogP contribution is -2.37. The van der Waals surface area contributed by atoms with Crippen molar-refractivity contribution in [1.82, 2.24) is 18.7 Å². The number of aromatic nitrogens is 4. The molecule has 0 saturated heterocycles. The zero-order valence-corrected chi connectivity index (χ0v) is 11.7. The molecule has 0 aromatic carbocycles. The number of nitrogens with zero attached hydrogens (tertiary/aromatic N) is 4. The van der Waals surface area contributed by atoms with Crippen molar-refractivity contribution in [3.05, 3.63) is 27.2 Å². The highest BCUT2D eigenvalue weighted by Gasteiger charge is 2.22. The van der Waals surface area contributed by atoms with Gasteiger partial charge in [0.15, 0.2) is 15.2 Å². The minimum atomic E-state index is -1.09. The highest BCUT2D eigenvalue weighted by Crippen LogP contribution is 2.19. The molecule has 0 amide bonds. The molecular weight excluding hydrogens is 355 g/mol. The number of halogens is 1. The molecule has 2 rings (SSSR count). The summed E-state index contributed by atoms with van der Waals surface area (Å²) in [5.74, 6) is -1.09. The largest absolute Gasteiger partial charge is 0.479 e. The molecule has 1 atom stereocenters. The molecule has 8 nitrogen and oxygen atoms in total. The van der Waals surface area contributed by atoms with Crippen molar-refractivity contribution >= 4 is 39.7 Å². The number of alkyl halides is 1. The summed E-state index contributed by atoms with van der Waals surface area (Å²) in [5, 5.41) is 8.96. The van der Waals surface area contributed by atoms with Crippen molar-refractivity contribution in [3.63, 3.8) is 0 Å². The van der Waals surface area contributed by atoms with Gasteiger partial charge in [-0.05, 0) is 22.6 Å². The Kier molecular flexibility index (Phi) is 3.00. The van der Waals surface area contributed by atoms with E-state index in [1.54, 1.807) is 22.6 Å². The summed E-state index contributed by atoms with van der Waals surface area (Å²) in [6.07, 6.45) is 1.25. The minimum Gasteiger partial charge on any atom is -0.479 e. The Morgan fingerprint density at radius 1 is 1.39 bits per heavy atom. The summed E-state index contributed by atoms with van der Waals surface area (Å²) >= 11 is 1.68. The number of aryl methyl sites for hydroxylation is 1. The quantitative estimate of drug-likeness (QED) is 0.570. The van der Waals surface area contributed by atoms with Gasteiger partial charge in [0.1, 0.15) is 0 Å². The molecule has 0 unspecified atom stereocenters. The van der Waals surface area contributed by atoms with Crippen molar-refractivity contribution in [2.75, 3.05) is 0 Å². The van der Waals surface area contributed by atoms with Gasteiger partial charge in [0.2, 0.25) is 0 Å². The fourth-order valence-corrected chi connectivity index (χ4v) is 2.08. The van der Waals surface area contributed by atoms with Crippen LogP contribution in [0.5, 0.6) is 0 Å². The van der Waals surface area contributed by atoms with Gasteiger partial charge in [-0.2, -0.15) is 0 Å². The van der Waals surface area contributed by atoms with Gasteiger partial charge < -0.3 is 9.67 Å². The summed E-state index contributed by atoms with van der Waals surface area (Å²) < 4.78 is 2.40. The van der Waals surface area contributed by atoms with E-state index in [0.29, 0.717) is 0 Å². The fraction of sp³-hybridized carbons (Fsp3) is 0.333. The molecule has 0 spiro atoms. The lowest BCUT2D eigenvalue weighted by Gasteiger charge is -2.08. The van der Waals surface area contributed by atoms with Crippen LogP contribution in [0, 0.1) is 0 Å². The molecule has 9 heteroatoms. The molecule has 0 radical (unpaired) electrons. The van der Waals surface area contributed by atoms with Gasteiger partial charge in [0, 0.05) is 14.1 Å². The molecule has 2 aromatic heterocycles. The second-order valence-corrected chi connectivity index (χ2v) is 4.88. The van der Waals surface area contributed by atoms with Crippen LogP contribution < -0.4 is 11.2 Å². The first-order valence-corrected chi connectivity index (χ1v) is 6.10. The average molecular weight is 364 g/mol. The maximum absolute atomic E-state index is 12.0. The smallest absolute Gasteiger partial charge is 0.337 e. The van der Waals surface area contributed by atoms with E-state index in [1.807, 2.05) is 0 Å². The number of rotatable bonds is 2. The lowest BCUT2D eigenvalue weighted by atomic mass is 10.5. The van der Waals surface area contributed by atoms with Crippen molar-refractivity contribution in [2.24, 2.45) is 14.1 Å². The van der Waals surface area contributed by atoms with Gasteiger partial charge in [0.05, 0.1) is 6.33 Å². The molecule has 0 aliphatic rings. The Morgan fingerprint density at radius 3 is 2.56 bits per heavy atom. The number of hydrogen-bond donors (Lipinski definition) is 1. The third-order valence-electron chi connectivity index (χ3n) is 2.62. The molecule has 1 N–H and O–H groups in total. The normalized spacial score (nSPS) is 12.8. The predicted octanol–water partition coefficient (Wildman–Crippen LogP) is -0.548. The molecule has 0 fully saturated rings. The lowest BCUT2D eigenvalue weighted by molar-refractivity contribution is -0.137. The second-order valence-electron chi connectivity index (χ2n) is 3.70. The molecule has 96 valence electrons. The van der Waals surface area contributed by atoms with E-state index in [-0.39, 0.29) is 11.2 Å². The summed E-state index contributed by atoms with van der Waals surface area (Å²) in [4.78, 5) is 38.6. The van der Waals surface area contributed by atoms with E-state index in [4.69, 9.17) is 5.11 Å². The highest BCUT2D eigenvalue weighted by atomic mass is 127. The van der Waals surface area contributed by atoms with Crippen LogP contribution >= 0.6 is 22.6 Å². The topological polar surface area (TPSA) is 99.1 Å². The standard InChI is InChI=1S/C9H9IN4O4/c1-12-6-4(7(15)13(2)9(12)18)14(3-11-6)5(10)8(16)17/h3,5H,1-2H3,(H,16,17)/t5-/m1/s1. The molecule has 0 saturated carbocycles. The van der Waals surface area contributed by atoms with Crippen LogP contribution in [0.3, 0.4) is 0 Å². The number of carboxylic acid groups (broad SMARTS) is 1. The number of imidazole rings is 1. The van der Waals surface area contributed by atoms with Gasteiger partial charge in [-0.1, -0.05) is 0 Å². The van der Waals surface area contributed by atoms with Crippen LogP contribution in [0.1, 0.15) is 4.05 Å². The van der Waals surface area contributed by atoms with E-state index in [1.165, 1.54) is 29.6 Å². The Bertz CT molecular complexity index is 756. The molecule has 18 heavy (non-hydrogen) atoms. The number of aliphatic carboxylic acids is 1. The van der Waals surface area contributed by atoms with Crippen LogP contribution in [0.25, 0.3) is 11.2 Å². The Hall–Kier alpha value is -1.65. The van der Waals surface area contributed by atoms with Gasteiger partial charge in [-0.15, -0.1) is 0 Å². The molecular formula is C9H9IN4O4. The Labute approximate surface area is 114 Å². The molecule has 0 aliphatic carbocycles. The first kappa shape index (κ1) is 12.8. The summed E-state index contributed by atoms with van der Waals surface area (Å²) in [6.45, 7) is 0. The first-order valence-electron chi connectivity index (χ1n) is 4.85. The van der Waals surface area contributed by atoms with Crippen LogP contribution in [0.4, 0.5) is 0 Å². The molecule has 2 heterocycles. The fourth-order valence-electron chi connectivity index (χ4n) is 1.65. The monoisotopic (exact) mass is 364 g/mol. The molecule has 0 bridgehead atoms. The summed E-state index contributed by atoms with van der Waals surface area (Å²) in [6, 6.07) is 0. The van der Waals surface area contributed by atoms with E-state index in [0.717, 1.165) is 4.57 Å². The number of carbonyl (C=O) groups is 1. The second kappa shape index (κ2) is 4.23. The number of fused-ring (bicyclic) bond motifs is 1. The van der Waals surface area contributed by atoms with Gasteiger partial charge in [-0.3, -0.25) is 13.9 Å². The summed E-state index contributed by atoms with van der Waals surface area (Å²) in [5.41, 5.74) is -0.793. The summed E-state index contributed by atoms with van der Waals surface area (Å²) in [7, 11) is 2.81. The molecule has 0 aliphatic heterocycles. The maximum Gasteiger partial charge on any atom is 0.337 e. The third-order valence-corrected chi connectivity index (χ3v) is 3.75. The SMILES string of the molecule is Cn1c(=O)c2c(ncn2[C@@H](I)C(=O)O)n(C)c1=O. The van der Waals surface area contributed by atoms with Crippen molar-refractivity contribution in [1.29, 1.82) is 0 Å². The van der Waals surface area contributed by atoms with E-state index in [9.17, 15) is 14.4 Å². The first-order chi connectivity index (χ1) is 8.36. The third kappa shape index (κ3) is 1.65. The number of carboxylic acids is 1. The van der Waals surface area contributed by atoms with Crippen LogP contribution in [-0.2, 0) is 18.9 Å². The molecule has 2 aromatic rings. The van der Waals surface area contributed by atoms with Gasteiger partial charge in [0.25, 0.3) is 5.56 Å². The zero-order chi connectivity index (χ0) is 13.6. The van der Waals surface area contributed by atoms with E-state index < -0.39 is 21.3 Å². The highest BCUT2D eigenvalue weighted by molar-refractivity contribution is 14.1. The van der Waals surface area contributed by atoms with Gasteiger partial charge >= 0.3 is 11.7 Å². The van der Waals surface area contributed by atoms with Crippen LogP contribution in [0.2, 0.25) is 0 Å². The predicted molar refractivity (Wildman–Crippen MR) is 70.9 cm³/mol. The zero-order valence-electron chi connectivity index (χ0n) is 9.49. The van der Waals surface area contributed by atoms with Gasteiger partial charge in [-0.25, -0.2) is 14.6 Å². The van der Waals surface area contributed by atoms with E-state index >= 15 is 0 Å². The van der Waals surface area contributed by atoms with Crippen molar-refractivity contribution in [3.8, 4) is 0 Å². The van der Waals surface area contributed by atoms with Crippen LogP contribution in [0.15, 0.2) is 15.9 Å². The minimum absolute atomic E-state index is 0.0985.